The van der Waals surface area contributed by atoms with Crippen molar-refractivity contribution >= 4 is 15.6 Å². The Morgan fingerprint density at radius 1 is 1.38 bits per heavy atom. The molecule has 0 saturated heterocycles. The summed E-state index contributed by atoms with van der Waals surface area (Å²) in [6.07, 6.45) is 1.27. The number of carbonyl (C=O) groups is 1. The third-order valence-electron chi connectivity index (χ3n) is 2.38. The van der Waals surface area contributed by atoms with Gasteiger partial charge in [0.25, 0.3) is 0 Å². The highest BCUT2D eigenvalue weighted by atomic mass is 32.2. The summed E-state index contributed by atoms with van der Waals surface area (Å²) < 4.78 is 27.3. The fraction of sp³-hybridized carbons (Fsp3) is 0.909. The lowest BCUT2D eigenvalue weighted by Gasteiger charge is -2.08. The largest absolute Gasteiger partial charge is 0.384 e. The Bertz CT molecular complexity index is 295. The highest BCUT2D eigenvalue weighted by Gasteiger charge is 2.11. The summed E-state index contributed by atoms with van der Waals surface area (Å²) >= 11 is 0. The van der Waals surface area contributed by atoms with Gasteiger partial charge in [0.1, 0.15) is 15.6 Å². The van der Waals surface area contributed by atoms with E-state index in [0.717, 1.165) is 0 Å². The highest BCUT2D eigenvalue weighted by molar-refractivity contribution is 7.91. The third kappa shape index (κ3) is 7.82. The van der Waals surface area contributed by atoms with Gasteiger partial charge in [-0.1, -0.05) is 13.8 Å². The van der Waals surface area contributed by atoms with E-state index in [4.69, 9.17) is 4.74 Å². The maximum Gasteiger partial charge on any atom is 0.150 e. The van der Waals surface area contributed by atoms with Crippen LogP contribution >= 0.6 is 0 Å². The van der Waals surface area contributed by atoms with Crippen LogP contribution in [0.25, 0.3) is 0 Å². The molecule has 0 rings (SSSR count). The second-order valence-electron chi connectivity index (χ2n) is 4.14. The Hall–Kier alpha value is -0.420. The molecule has 0 aliphatic heterocycles. The van der Waals surface area contributed by atoms with Crippen molar-refractivity contribution in [3.63, 3.8) is 0 Å². The lowest BCUT2D eigenvalue weighted by molar-refractivity contribution is -0.120. The van der Waals surface area contributed by atoms with Crippen LogP contribution in [0.1, 0.15) is 33.1 Å². The van der Waals surface area contributed by atoms with E-state index in [-0.39, 0.29) is 23.2 Å². The number of ether oxygens (including phenoxy) is 1. The van der Waals surface area contributed by atoms with Gasteiger partial charge >= 0.3 is 0 Å². The number of Topliss-reactive ketones (excluding diaryl/α,β-unsaturated/α-hetero) is 1. The second-order valence-corrected chi connectivity index (χ2v) is 6.62. The Morgan fingerprint density at radius 3 is 2.50 bits per heavy atom. The summed E-state index contributed by atoms with van der Waals surface area (Å²) in [6.45, 7) is 4.14. The van der Waals surface area contributed by atoms with Crippen molar-refractivity contribution < 1.29 is 17.9 Å². The molecule has 0 aliphatic rings. The van der Waals surface area contributed by atoms with Gasteiger partial charge in [-0.2, -0.15) is 0 Å². The molecule has 1 atom stereocenters. The smallest absolute Gasteiger partial charge is 0.150 e. The van der Waals surface area contributed by atoms with E-state index in [0.29, 0.717) is 25.9 Å². The molecule has 0 saturated carbocycles. The molecular formula is C11H22O4S. The van der Waals surface area contributed by atoms with Crippen molar-refractivity contribution in [3.05, 3.63) is 0 Å². The van der Waals surface area contributed by atoms with E-state index in [1.807, 2.05) is 6.92 Å². The van der Waals surface area contributed by atoms with Crippen LogP contribution in [0.5, 0.6) is 0 Å². The first-order valence-electron chi connectivity index (χ1n) is 5.62. The summed E-state index contributed by atoms with van der Waals surface area (Å²) in [5, 5.41) is 0. The summed E-state index contributed by atoms with van der Waals surface area (Å²) in [5.74, 6) is 0.603. The molecule has 0 aliphatic carbocycles. The van der Waals surface area contributed by atoms with Crippen LogP contribution in [-0.2, 0) is 19.4 Å². The van der Waals surface area contributed by atoms with Gasteiger partial charge in [-0.05, 0) is 12.3 Å². The van der Waals surface area contributed by atoms with Crippen LogP contribution in [0.15, 0.2) is 0 Å². The summed E-state index contributed by atoms with van der Waals surface area (Å²) in [6, 6.07) is 0. The standard InChI is InChI=1S/C11H22O4S/c1-4-16(13,14)7-5-6-11(12)8-10(2)9-15-3/h10H,4-9H2,1-3H3. The molecular weight excluding hydrogens is 228 g/mol. The van der Waals surface area contributed by atoms with Gasteiger partial charge in [0.05, 0.1) is 5.75 Å². The predicted molar refractivity (Wildman–Crippen MR) is 64.2 cm³/mol. The molecule has 0 N–H and O–H groups in total. The Kier molecular flexibility index (Phi) is 7.58. The lowest BCUT2D eigenvalue weighted by atomic mass is 10.0. The zero-order valence-electron chi connectivity index (χ0n) is 10.4. The molecule has 0 bridgehead atoms. The van der Waals surface area contributed by atoms with Gasteiger partial charge in [-0.3, -0.25) is 4.79 Å². The molecule has 0 heterocycles. The fourth-order valence-corrected chi connectivity index (χ4v) is 2.34. The number of carbonyl (C=O) groups excluding carboxylic acids is 1. The van der Waals surface area contributed by atoms with Crippen molar-refractivity contribution in [1.82, 2.24) is 0 Å². The number of hydrogen-bond acceptors (Lipinski definition) is 4. The van der Waals surface area contributed by atoms with E-state index in [2.05, 4.69) is 0 Å². The Morgan fingerprint density at radius 2 is 2.00 bits per heavy atom. The van der Waals surface area contributed by atoms with Crippen LogP contribution in [0.4, 0.5) is 0 Å². The summed E-state index contributed by atoms with van der Waals surface area (Å²) in [4.78, 5) is 11.5. The maximum absolute atomic E-state index is 11.5. The summed E-state index contributed by atoms with van der Waals surface area (Å²) in [7, 11) is -1.32. The molecule has 0 fully saturated rings. The van der Waals surface area contributed by atoms with Crippen LogP contribution in [0.2, 0.25) is 0 Å². The predicted octanol–water partition coefficient (Wildman–Crippen LogP) is 1.44. The second kappa shape index (κ2) is 7.79. The molecule has 0 aromatic carbocycles. The van der Waals surface area contributed by atoms with E-state index < -0.39 is 9.84 Å². The van der Waals surface area contributed by atoms with Gasteiger partial charge in [-0.25, -0.2) is 8.42 Å². The van der Waals surface area contributed by atoms with Crippen LogP contribution in [0.3, 0.4) is 0 Å². The number of ketones is 1. The first-order chi connectivity index (χ1) is 7.41. The monoisotopic (exact) mass is 250 g/mol. The maximum atomic E-state index is 11.5. The van der Waals surface area contributed by atoms with E-state index in [1.165, 1.54) is 0 Å². The first kappa shape index (κ1) is 15.6. The quantitative estimate of drug-likeness (QED) is 0.621. The number of methoxy groups -OCH3 is 1. The molecule has 4 nitrogen and oxygen atoms in total. The fourth-order valence-electron chi connectivity index (χ4n) is 1.47. The Labute approximate surface area is 98.3 Å². The third-order valence-corrected chi connectivity index (χ3v) is 4.17. The minimum absolute atomic E-state index is 0.119. The first-order valence-corrected chi connectivity index (χ1v) is 7.44. The van der Waals surface area contributed by atoms with Gasteiger partial charge in [0, 0.05) is 32.3 Å². The van der Waals surface area contributed by atoms with Crippen molar-refractivity contribution in [2.45, 2.75) is 33.1 Å². The average molecular weight is 250 g/mol. The zero-order valence-corrected chi connectivity index (χ0v) is 11.2. The normalized spacial score (nSPS) is 13.7. The van der Waals surface area contributed by atoms with E-state index >= 15 is 0 Å². The molecule has 1 unspecified atom stereocenters. The highest BCUT2D eigenvalue weighted by Crippen LogP contribution is 2.07. The molecule has 0 spiro atoms. The van der Waals surface area contributed by atoms with Gasteiger partial charge in [0.15, 0.2) is 0 Å². The van der Waals surface area contributed by atoms with Gasteiger partial charge in [0.2, 0.25) is 0 Å². The van der Waals surface area contributed by atoms with Crippen molar-refractivity contribution in [2.75, 3.05) is 25.2 Å². The van der Waals surface area contributed by atoms with Crippen molar-refractivity contribution in [3.8, 4) is 0 Å². The molecule has 5 heteroatoms. The van der Waals surface area contributed by atoms with Crippen molar-refractivity contribution in [2.24, 2.45) is 5.92 Å². The van der Waals surface area contributed by atoms with Crippen LogP contribution in [0, 0.1) is 5.92 Å². The molecule has 16 heavy (non-hydrogen) atoms. The van der Waals surface area contributed by atoms with Crippen LogP contribution in [-0.4, -0.2) is 39.4 Å². The van der Waals surface area contributed by atoms with Crippen molar-refractivity contribution in [1.29, 1.82) is 0 Å². The molecule has 0 aromatic rings. The summed E-state index contributed by atoms with van der Waals surface area (Å²) in [5.41, 5.74) is 0. The number of hydrogen-bond donors (Lipinski definition) is 0. The molecule has 96 valence electrons. The number of sulfone groups is 1. The molecule has 0 aromatic heterocycles. The van der Waals surface area contributed by atoms with Gasteiger partial charge < -0.3 is 4.74 Å². The van der Waals surface area contributed by atoms with E-state index in [9.17, 15) is 13.2 Å². The minimum Gasteiger partial charge on any atom is -0.384 e. The molecule has 0 radical (unpaired) electrons. The average Bonchev–Trinajstić information content (AvgIpc) is 2.17. The lowest BCUT2D eigenvalue weighted by Crippen LogP contribution is -2.13. The minimum atomic E-state index is -2.93. The number of rotatable bonds is 9. The SMILES string of the molecule is CCS(=O)(=O)CCCC(=O)CC(C)COC. The van der Waals surface area contributed by atoms with Gasteiger partial charge in [-0.15, -0.1) is 0 Å². The Balaban J connectivity index is 3.74. The van der Waals surface area contributed by atoms with E-state index in [1.54, 1.807) is 14.0 Å². The topological polar surface area (TPSA) is 60.4 Å². The zero-order chi connectivity index (χ0) is 12.6. The van der Waals surface area contributed by atoms with Crippen LogP contribution < -0.4 is 0 Å². The molecule has 0 amide bonds.